The summed E-state index contributed by atoms with van der Waals surface area (Å²) < 4.78 is 35.9. The molecule has 0 saturated heterocycles. The molecule has 1 heterocycles. The molecule has 3 rings (SSSR count). The lowest BCUT2D eigenvalue weighted by Gasteiger charge is -2.16. The van der Waals surface area contributed by atoms with Gasteiger partial charge in [0.15, 0.2) is 21.3 Å². The predicted octanol–water partition coefficient (Wildman–Crippen LogP) is 2.40. The Kier molecular flexibility index (Phi) is 7.95. The summed E-state index contributed by atoms with van der Waals surface area (Å²) in [6, 6.07) is 10.8. The third-order valence-electron chi connectivity index (χ3n) is 5.35. The van der Waals surface area contributed by atoms with E-state index < -0.39 is 21.5 Å². The van der Waals surface area contributed by atoms with Crippen LogP contribution in [0.2, 0.25) is 0 Å². The van der Waals surface area contributed by atoms with Gasteiger partial charge in [-0.15, -0.1) is 0 Å². The number of benzene rings is 2. The first-order valence-corrected chi connectivity index (χ1v) is 12.5. The molecule has 3 aromatic rings. The van der Waals surface area contributed by atoms with E-state index in [1.165, 1.54) is 0 Å². The minimum Gasteiger partial charge on any atom is -0.493 e. The minimum atomic E-state index is -3.66. The average Bonchev–Trinajstić information content (AvgIpc) is 3.14. The van der Waals surface area contributed by atoms with Gasteiger partial charge < -0.3 is 24.9 Å². The number of carbonyl (C=O) groups excluding carboxylic acids is 1. The predicted molar refractivity (Wildman–Crippen MR) is 130 cm³/mol. The van der Waals surface area contributed by atoms with Gasteiger partial charge in [-0.2, -0.15) is 0 Å². The molecule has 0 aliphatic carbocycles. The lowest BCUT2D eigenvalue weighted by molar-refractivity contribution is -0.118. The Balaban J connectivity index is 1.94. The number of methoxy groups -OCH3 is 2. The van der Waals surface area contributed by atoms with E-state index in [9.17, 15) is 13.2 Å². The van der Waals surface area contributed by atoms with Crippen molar-refractivity contribution in [1.82, 2.24) is 15.3 Å². The molecule has 182 valence electrons. The number of hydrogen-bond acceptors (Lipinski definition) is 7. The van der Waals surface area contributed by atoms with E-state index in [2.05, 4.69) is 15.3 Å². The Morgan fingerprint density at radius 3 is 2.35 bits per heavy atom. The summed E-state index contributed by atoms with van der Waals surface area (Å²) in [5.41, 5.74) is 4.78. The highest BCUT2D eigenvalue weighted by molar-refractivity contribution is 7.91. The second-order valence-corrected chi connectivity index (χ2v) is 9.89. The highest BCUT2D eigenvalue weighted by atomic mass is 32.2. The normalized spacial score (nSPS) is 11.3. The Morgan fingerprint density at radius 2 is 1.79 bits per heavy atom. The quantitative estimate of drug-likeness (QED) is 0.400. The van der Waals surface area contributed by atoms with Gasteiger partial charge in [-0.1, -0.05) is 24.3 Å². The number of rotatable bonds is 10. The Labute approximate surface area is 199 Å². The molecule has 10 heteroatoms. The van der Waals surface area contributed by atoms with Gasteiger partial charge >= 0.3 is 0 Å². The molecule has 3 N–H and O–H groups in total. The average molecular weight is 488 g/mol. The van der Waals surface area contributed by atoms with Crippen molar-refractivity contribution >= 4 is 15.7 Å². The number of aliphatic hydroxyl groups is 1. The first-order chi connectivity index (χ1) is 16.2. The smallest absolute Gasteiger partial charge is 0.235 e. The van der Waals surface area contributed by atoms with Crippen molar-refractivity contribution in [2.75, 3.05) is 33.1 Å². The topological polar surface area (TPSA) is 131 Å². The van der Waals surface area contributed by atoms with Crippen LogP contribution in [0.3, 0.4) is 0 Å². The lowest BCUT2D eigenvalue weighted by atomic mass is 9.97. The molecule has 0 bridgehead atoms. The van der Waals surface area contributed by atoms with Crippen molar-refractivity contribution in [1.29, 1.82) is 0 Å². The molecule has 0 aliphatic rings. The number of ether oxygens (including phenoxy) is 2. The molecule has 0 aliphatic heterocycles. The maximum Gasteiger partial charge on any atom is 0.235 e. The fourth-order valence-corrected chi connectivity index (χ4v) is 4.90. The summed E-state index contributed by atoms with van der Waals surface area (Å²) in [5.74, 6) is 0.205. The number of aryl methyl sites for hydroxylation is 2. The summed E-state index contributed by atoms with van der Waals surface area (Å²) in [6.07, 6.45) is 0. The lowest BCUT2D eigenvalue weighted by Crippen LogP contribution is -2.32. The summed E-state index contributed by atoms with van der Waals surface area (Å²) in [4.78, 5) is 19.7. The van der Waals surface area contributed by atoms with Crippen molar-refractivity contribution in [3.05, 3.63) is 53.3 Å². The van der Waals surface area contributed by atoms with Gasteiger partial charge in [-0.3, -0.25) is 4.79 Å². The molecule has 9 nitrogen and oxygen atoms in total. The highest BCUT2D eigenvalue weighted by Gasteiger charge is 2.22. The van der Waals surface area contributed by atoms with Crippen LogP contribution in [0.1, 0.15) is 17.0 Å². The van der Waals surface area contributed by atoms with E-state index in [1.807, 2.05) is 38.1 Å². The van der Waals surface area contributed by atoms with Gasteiger partial charge in [0.1, 0.15) is 11.6 Å². The van der Waals surface area contributed by atoms with Crippen molar-refractivity contribution in [2.45, 2.75) is 19.6 Å². The third kappa shape index (κ3) is 5.75. The SMILES string of the molecule is COc1ccc(-c2ccc(CS(=O)(=O)CC(=O)NCCO)cc2)c(-c2nc(C)c(C)[nH]2)c1OC. The number of hydrogen-bond donors (Lipinski definition) is 3. The van der Waals surface area contributed by atoms with Gasteiger partial charge in [0.25, 0.3) is 0 Å². The monoisotopic (exact) mass is 487 g/mol. The van der Waals surface area contributed by atoms with E-state index in [0.29, 0.717) is 22.9 Å². The molecule has 1 aromatic heterocycles. The van der Waals surface area contributed by atoms with Crippen LogP contribution in [0.25, 0.3) is 22.5 Å². The maximum atomic E-state index is 12.4. The van der Waals surface area contributed by atoms with Gasteiger partial charge in [-0.25, -0.2) is 13.4 Å². The fraction of sp³-hybridized carbons (Fsp3) is 0.333. The Hall–Kier alpha value is -3.37. The van der Waals surface area contributed by atoms with Crippen LogP contribution >= 0.6 is 0 Å². The first-order valence-electron chi connectivity index (χ1n) is 10.6. The molecule has 0 unspecified atom stereocenters. The number of nitrogens with one attached hydrogen (secondary N) is 2. The van der Waals surface area contributed by atoms with Gasteiger partial charge in [0.05, 0.1) is 37.8 Å². The molecule has 0 fully saturated rings. The molecular formula is C24H29N3O6S. The van der Waals surface area contributed by atoms with Crippen LogP contribution in [0, 0.1) is 13.8 Å². The molecule has 0 saturated carbocycles. The van der Waals surface area contributed by atoms with Gasteiger partial charge in [0.2, 0.25) is 5.91 Å². The molecule has 34 heavy (non-hydrogen) atoms. The molecule has 0 atom stereocenters. The van der Waals surface area contributed by atoms with Crippen LogP contribution in [0.5, 0.6) is 11.5 Å². The first kappa shape index (κ1) is 25.3. The van der Waals surface area contributed by atoms with E-state index in [-0.39, 0.29) is 18.9 Å². The van der Waals surface area contributed by atoms with Crippen LogP contribution in [0.15, 0.2) is 36.4 Å². The van der Waals surface area contributed by atoms with Crippen molar-refractivity contribution in [2.24, 2.45) is 0 Å². The Morgan fingerprint density at radius 1 is 1.09 bits per heavy atom. The zero-order valence-electron chi connectivity index (χ0n) is 19.6. The molecule has 0 radical (unpaired) electrons. The zero-order valence-corrected chi connectivity index (χ0v) is 20.5. The molecular weight excluding hydrogens is 458 g/mol. The van der Waals surface area contributed by atoms with E-state index >= 15 is 0 Å². The number of amides is 1. The summed E-state index contributed by atoms with van der Waals surface area (Å²) in [7, 11) is -0.523. The maximum absolute atomic E-state index is 12.4. The minimum absolute atomic E-state index is 0.0193. The third-order valence-corrected chi connectivity index (χ3v) is 6.82. The summed E-state index contributed by atoms with van der Waals surface area (Å²) in [5, 5.41) is 11.1. The Bertz CT molecular complexity index is 1250. The van der Waals surface area contributed by atoms with Crippen molar-refractivity contribution < 1.29 is 27.8 Å². The summed E-state index contributed by atoms with van der Waals surface area (Å²) in [6.45, 7) is 3.63. The number of aliphatic hydroxyl groups excluding tert-OH is 1. The second kappa shape index (κ2) is 10.7. The number of H-pyrrole nitrogens is 1. The van der Waals surface area contributed by atoms with Crippen LogP contribution < -0.4 is 14.8 Å². The van der Waals surface area contributed by atoms with Crippen LogP contribution in [-0.4, -0.2) is 62.5 Å². The second-order valence-electron chi connectivity index (χ2n) is 7.82. The van der Waals surface area contributed by atoms with Crippen LogP contribution in [0.4, 0.5) is 0 Å². The fourth-order valence-electron chi connectivity index (χ4n) is 3.60. The molecule has 0 spiro atoms. The number of nitrogens with zero attached hydrogens (tertiary/aromatic N) is 1. The van der Waals surface area contributed by atoms with Crippen molar-refractivity contribution in [3.8, 4) is 34.0 Å². The molecule has 2 aromatic carbocycles. The number of imidazole rings is 1. The van der Waals surface area contributed by atoms with E-state index in [0.717, 1.165) is 28.1 Å². The zero-order chi connectivity index (χ0) is 24.9. The molecule has 1 amide bonds. The van der Waals surface area contributed by atoms with Gasteiger partial charge in [0, 0.05) is 12.2 Å². The van der Waals surface area contributed by atoms with Crippen LogP contribution in [-0.2, 0) is 20.4 Å². The number of carbonyl (C=O) groups is 1. The highest BCUT2D eigenvalue weighted by Crippen LogP contribution is 2.44. The van der Waals surface area contributed by atoms with E-state index in [4.69, 9.17) is 14.6 Å². The van der Waals surface area contributed by atoms with E-state index in [1.54, 1.807) is 26.4 Å². The number of sulfone groups is 1. The number of aromatic nitrogens is 2. The summed E-state index contributed by atoms with van der Waals surface area (Å²) >= 11 is 0. The van der Waals surface area contributed by atoms with Gasteiger partial charge in [-0.05, 0) is 42.7 Å². The van der Waals surface area contributed by atoms with Crippen molar-refractivity contribution in [3.63, 3.8) is 0 Å². The largest absolute Gasteiger partial charge is 0.493 e. The number of aromatic amines is 1. The standard InChI is InChI=1S/C24H29N3O6S/c1-15-16(2)27-24(26-15)22-19(9-10-20(32-3)23(22)33-4)18-7-5-17(6-8-18)13-34(30,31)14-21(29)25-11-12-28/h5-10,28H,11-14H2,1-4H3,(H,25,29)(H,26,27).